The monoisotopic (exact) mass is 277 g/mol. The molecular weight excluding hydrogens is 250 g/mol. The van der Waals surface area contributed by atoms with Crippen molar-refractivity contribution < 1.29 is 4.79 Å². The van der Waals surface area contributed by atoms with Gasteiger partial charge >= 0.3 is 0 Å². The average Bonchev–Trinajstić information content (AvgIpc) is 2.37. The van der Waals surface area contributed by atoms with Gasteiger partial charge in [-0.15, -0.1) is 0 Å². The van der Waals surface area contributed by atoms with Crippen molar-refractivity contribution in [2.75, 3.05) is 13.1 Å². The first kappa shape index (κ1) is 16.0. The molecule has 0 unspecified atom stereocenters. The molecule has 1 aromatic carbocycles. The van der Waals surface area contributed by atoms with E-state index in [1.807, 2.05) is 23.1 Å². The molecule has 0 heterocycles. The minimum atomic E-state index is -1.48. The first-order valence-electron chi connectivity index (χ1n) is 7.30. The highest BCUT2D eigenvalue weighted by Gasteiger charge is 2.25. The van der Waals surface area contributed by atoms with Crippen LogP contribution in [-0.4, -0.2) is 32.0 Å². The fraction of sp³-hybridized carbons (Fsp3) is 0.562. The van der Waals surface area contributed by atoms with Crippen molar-refractivity contribution in [3.05, 3.63) is 29.8 Å². The van der Waals surface area contributed by atoms with Crippen LogP contribution in [0.5, 0.6) is 0 Å². The number of nitrogens with zero attached hydrogens (tertiary/aromatic N) is 1. The maximum atomic E-state index is 12.7. The Morgan fingerprint density at radius 1 is 1.05 bits per heavy atom. The van der Waals surface area contributed by atoms with Gasteiger partial charge in [0.05, 0.1) is 8.07 Å². The van der Waals surface area contributed by atoms with Crippen LogP contribution in [0.4, 0.5) is 0 Å². The topological polar surface area (TPSA) is 20.3 Å². The zero-order valence-electron chi connectivity index (χ0n) is 13.0. The minimum absolute atomic E-state index is 0.210. The summed E-state index contributed by atoms with van der Waals surface area (Å²) in [5.41, 5.74) is 0.920. The van der Waals surface area contributed by atoms with Crippen LogP contribution in [0.2, 0.25) is 19.6 Å². The van der Waals surface area contributed by atoms with Gasteiger partial charge in [0.2, 0.25) is 0 Å². The summed E-state index contributed by atoms with van der Waals surface area (Å²) in [4.78, 5) is 14.7. The molecule has 0 aliphatic heterocycles. The lowest BCUT2D eigenvalue weighted by Gasteiger charge is -2.26. The van der Waals surface area contributed by atoms with Crippen molar-refractivity contribution in [2.24, 2.45) is 0 Å². The van der Waals surface area contributed by atoms with Crippen LogP contribution in [0, 0.1) is 0 Å². The maximum absolute atomic E-state index is 12.7. The summed E-state index contributed by atoms with van der Waals surface area (Å²) in [7, 11) is -1.48. The van der Waals surface area contributed by atoms with Crippen LogP contribution in [0.1, 0.15) is 37.0 Å². The Balaban J connectivity index is 3.11. The van der Waals surface area contributed by atoms with E-state index in [0.29, 0.717) is 0 Å². The third-order valence-corrected chi connectivity index (χ3v) is 5.29. The lowest BCUT2D eigenvalue weighted by Crippen LogP contribution is -2.44. The molecule has 0 fully saturated rings. The molecule has 0 spiro atoms. The summed E-state index contributed by atoms with van der Waals surface area (Å²) in [6, 6.07) is 8.16. The molecule has 3 heteroatoms. The van der Waals surface area contributed by atoms with Gasteiger partial charge in [-0.05, 0) is 24.1 Å². The summed E-state index contributed by atoms with van der Waals surface area (Å²) in [5, 5.41) is 1.28. The number of amides is 1. The molecule has 0 aromatic heterocycles. The van der Waals surface area contributed by atoms with Crippen LogP contribution in [0.25, 0.3) is 0 Å². The highest BCUT2D eigenvalue weighted by atomic mass is 28.3. The van der Waals surface area contributed by atoms with E-state index in [1.165, 1.54) is 5.19 Å². The second-order valence-corrected chi connectivity index (χ2v) is 11.1. The summed E-state index contributed by atoms with van der Waals surface area (Å²) in [6.45, 7) is 12.8. The summed E-state index contributed by atoms with van der Waals surface area (Å²) >= 11 is 0. The fourth-order valence-electron chi connectivity index (χ4n) is 2.35. The SMILES string of the molecule is CCCN(CCC)C(=O)c1ccccc1[Si](C)(C)C. The number of hydrogen-bond donors (Lipinski definition) is 0. The molecule has 0 aliphatic rings. The Morgan fingerprint density at radius 2 is 1.58 bits per heavy atom. The molecule has 0 N–H and O–H groups in total. The average molecular weight is 277 g/mol. The van der Waals surface area contributed by atoms with Gasteiger partial charge in [0.1, 0.15) is 0 Å². The Labute approximate surface area is 118 Å². The van der Waals surface area contributed by atoms with Gasteiger partial charge in [-0.25, -0.2) is 0 Å². The predicted octanol–water partition coefficient (Wildman–Crippen LogP) is 3.49. The molecule has 1 amide bonds. The maximum Gasteiger partial charge on any atom is 0.253 e. The number of hydrogen-bond acceptors (Lipinski definition) is 1. The van der Waals surface area contributed by atoms with Crippen LogP contribution in [0.15, 0.2) is 24.3 Å². The van der Waals surface area contributed by atoms with E-state index in [-0.39, 0.29) is 5.91 Å². The molecule has 1 aromatic rings. The highest BCUT2D eigenvalue weighted by Crippen LogP contribution is 2.11. The smallest absolute Gasteiger partial charge is 0.253 e. The Bertz CT molecular complexity index is 417. The van der Waals surface area contributed by atoms with Crippen LogP contribution < -0.4 is 5.19 Å². The van der Waals surface area contributed by atoms with Crippen LogP contribution in [0.3, 0.4) is 0 Å². The van der Waals surface area contributed by atoms with Crippen molar-refractivity contribution in [1.82, 2.24) is 4.90 Å². The number of rotatable bonds is 6. The molecule has 0 saturated carbocycles. The molecule has 19 heavy (non-hydrogen) atoms. The zero-order valence-corrected chi connectivity index (χ0v) is 14.0. The van der Waals surface area contributed by atoms with Gasteiger partial charge in [-0.2, -0.15) is 0 Å². The summed E-state index contributed by atoms with van der Waals surface area (Å²) < 4.78 is 0. The van der Waals surface area contributed by atoms with E-state index < -0.39 is 8.07 Å². The second kappa shape index (κ2) is 6.90. The van der Waals surface area contributed by atoms with Gasteiger partial charge < -0.3 is 4.90 Å². The zero-order chi connectivity index (χ0) is 14.5. The number of benzene rings is 1. The normalized spacial score (nSPS) is 11.4. The lowest BCUT2D eigenvalue weighted by atomic mass is 10.2. The van der Waals surface area contributed by atoms with Crippen molar-refractivity contribution in [3.63, 3.8) is 0 Å². The van der Waals surface area contributed by atoms with E-state index >= 15 is 0 Å². The van der Waals surface area contributed by atoms with Gasteiger partial charge in [0.25, 0.3) is 5.91 Å². The number of carbonyl (C=O) groups is 1. The molecule has 106 valence electrons. The third kappa shape index (κ3) is 4.20. The molecule has 0 bridgehead atoms. The van der Waals surface area contributed by atoms with Crippen molar-refractivity contribution >= 4 is 19.2 Å². The molecule has 0 aliphatic carbocycles. The van der Waals surface area contributed by atoms with Crippen molar-refractivity contribution in [3.8, 4) is 0 Å². The molecular formula is C16H27NOSi. The Hall–Kier alpha value is -1.09. The summed E-state index contributed by atoms with van der Waals surface area (Å²) in [5.74, 6) is 0.210. The van der Waals surface area contributed by atoms with E-state index in [0.717, 1.165) is 31.5 Å². The number of carbonyl (C=O) groups excluding carboxylic acids is 1. The van der Waals surface area contributed by atoms with Gasteiger partial charge in [-0.1, -0.05) is 51.7 Å². The second-order valence-electron chi connectivity index (χ2n) is 6.09. The summed E-state index contributed by atoms with van der Waals surface area (Å²) in [6.07, 6.45) is 2.03. The molecule has 2 nitrogen and oxygen atoms in total. The quantitative estimate of drug-likeness (QED) is 0.729. The van der Waals surface area contributed by atoms with Gasteiger partial charge in [-0.3, -0.25) is 4.79 Å². The largest absolute Gasteiger partial charge is 0.339 e. The van der Waals surface area contributed by atoms with Crippen molar-refractivity contribution in [2.45, 2.75) is 46.3 Å². The van der Waals surface area contributed by atoms with E-state index in [1.54, 1.807) is 0 Å². The first-order chi connectivity index (χ1) is 8.91. The van der Waals surface area contributed by atoms with Crippen LogP contribution in [-0.2, 0) is 0 Å². The Kier molecular flexibility index (Phi) is 5.79. The van der Waals surface area contributed by atoms with E-state index in [4.69, 9.17) is 0 Å². The molecule has 0 saturated heterocycles. The Morgan fingerprint density at radius 3 is 2.05 bits per heavy atom. The molecule has 1 rings (SSSR count). The van der Waals surface area contributed by atoms with Gasteiger partial charge in [0, 0.05) is 18.7 Å². The minimum Gasteiger partial charge on any atom is -0.339 e. The van der Waals surface area contributed by atoms with Crippen molar-refractivity contribution in [1.29, 1.82) is 0 Å². The van der Waals surface area contributed by atoms with Crippen LogP contribution >= 0.6 is 0 Å². The highest BCUT2D eigenvalue weighted by molar-refractivity contribution is 6.89. The van der Waals surface area contributed by atoms with Gasteiger partial charge in [0.15, 0.2) is 0 Å². The lowest BCUT2D eigenvalue weighted by molar-refractivity contribution is 0.0757. The third-order valence-electron chi connectivity index (χ3n) is 3.24. The fourth-order valence-corrected chi connectivity index (χ4v) is 3.94. The standard InChI is InChI=1S/C16H27NOSi/c1-6-12-17(13-7-2)16(18)14-10-8-9-11-15(14)19(3,4)5/h8-11H,6-7,12-13H2,1-5H3. The predicted molar refractivity (Wildman–Crippen MR) is 85.9 cm³/mol. The molecule has 0 atom stereocenters. The van der Waals surface area contributed by atoms with E-state index in [9.17, 15) is 4.79 Å². The first-order valence-corrected chi connectivity index (χ1v) is 10.8. The molecule has 0 radical (unpaired) electrons. The van der Waals surface area contributed by atoms with E-state index in [2.05, 4.69) is 39.6 Å².